The number of phenols is 1. The van der Waals surface area contributed by atoms with E-state index in [2.05, 4.69) is 30.7 Å². The van der Waals surface area contributed by atoms with Crippen molar-refractivity contribution in [3.63, 3.8) is 0 Å². The molecule has 0 aliphatic carbocycles. The minimum Gasteiger partial charge on any atom is -0.508 e. The number of phenolic OH excluding ortho intramolecular Hbond substituents is 1. The van der Waals surface area contributed by atoms with Crippen LogP contribution in [0.4, 0.5) is 5.69 Å². The first kappa shape index (κ1) is 14.3. The van der Waals surface area contributed by atoms with E-state index >= 15 is 0 Å². The van der Waals surface area contributed by atoms with Gasteiger partial charge in [-0.1, -0.05) is 26.8 Å². The van der Waals surface area contributed by atoms with E-state index in [4.69, 9.17) is 0 Å². The third-order valence-electron chi connectivity index (χ3n) is 3.16. The molecule has 0 aliphatic heterocycles. The molecule has 3 heteroatoms. The van der Waals surface area contributed by atoms with Gasteiger partial charge >= 0.3 is 0 Å². The quantitative estimate of drug-likeness (QED) is 0.832. The molecular weight excluding hydrogens is 248 g/mol. The highest BCUT2D eigenvalue weighted by molar-refractivity contribution is 5.82. The third kappa shape index (κ3) is 3.23. The zero-order valence-corrected chi connectivity index (χ0v) is 12.4. The molecule has 1 N–H and O–H groups in total. The molecule has 0 bridgehead atoms. The molecule has 0 spiro atoms. The van der Waals surface area contributed by atoms with Gasteiger partial charge in [-0.2, -0.15) is 0 Å². The summed E-state index contributed by atoms with van der Waals surface area (Å²) in [5.41, 5.74) is 3.57. The Balaban J connectivity index is 2.40. The number of benzene rings is 1. The van der Waals surface area contributed by atoms with E-state index in [1.165, 1.54) is 0 Å². The van der Waals surface area contributed by atoms with E-state index in [0.717, 1.165) is 22.4 Å². The summed E-state index contributed by atoms with van der Waals surface area (Å²) in [6, 6.07) is 7.57. The molecule has 0 unspecified atom stereocenters. The lowest BCUT2D eigenvalue weighted by molar-refractivity contribution is 0.446. The molecule has 0 fully saturated rings. The molecule has 0 radical (unpaired) electrons. The highest BCUT2D eigenvalue weighted by Crippen LogP contribution is 2.35. The summed E-state index contributed by atoms with van der Waals surface area (Å²) in [5.74, 6) is 0.329. The summed E-state index contributed by atoms with van der Waals surface area (Å²) in [6.45, 7) is 8.17. The van der Waals surface area contributed by atoms with E-state index < -0.39 is 0 Å². The molecule has 0 atom stereocenters. The molecular formula is C17H20N2O. The Morgan fingerprint density at radius 2 is 2.00 bits per heavy atom. The summed E-state index contributed by atoms with van der Waals surface area (Å²) in [4.78, 5) is 8.57. The Kier molecular flexibility index (Phi) is 3.89. The predicted molar refractivity (Wildman–Crippen MR) is 83.0 cm³/mol. The first-order chi connectivity index (χ1) is 9.38. The lowest BCUT2D eigenvalue weighted by Crippen LogP contribution is -2.11. The van der Waals surface area contributed by atoms with Gasteiger partial charge in [0, 0.05) is 29.7 Å². The molecule has 20 heavy (non-hydrogen) atoms. The van der Waals surface area contributed by atoms with Crippen LogP contribution in [0.1, 0.15) is 37.5 Å². The number of hydrogen-bond acceptors (Lipinski definition) is 3. The molecule has 104 valence electrons. The van der Waals surface area contributed by atoms with Gasteiger partial charge in [-0.25, -0.2) is 0 Å². The van der Waals surface area contributed by atoms with Crippen molar-refractivity contribution in [3.8, 4) is 5.75 Å². The lowest BCUT2D eigenvalue weighted by atomic mass is 9.85. The van der Waals surface area contributed by atoms with Gasteiger partial charge in [0.2, 0.25) is 0 Å². The number of rotatable bonds is 2. The second kappa shape index (κ2) is 5.45. The minimum absolute atomic E-state index is 0.115. The number of aromatic hydroxyl groups is 1. The molecule has 1 heterocycles. The van der Waals surface area contributed by atoms with Crippen LogP contribution in [-0.4, -0.2) is 16.3 Å². The minimum atomic E-state index is -0.115. The van der Waals surface area contributed by atoms with Gasteiger partial charge < -0.3 is 5.11 Å². The molecule has 1 aromatic carbocycles. The van der Waals surface area contributed by atoms with Crippen LogP contribution in [0.5, 0.6) is 5.75 Å². The number of hydrogen-bond donors (Lipinski definition) is 1. The smallest absolute Gasteiger partial charge is 0.119 e. The van der Waals surface area contributed by atoms with Crippen LogP contribution in [0.25, 0.3) is 0 Å². The zero-order chi connectivity index (χ0) is 14.8. The van der Waals surface area contributed by atoms with Gasteiger partial charge in [0.15, 0.2) is 0 Å². The SMILES string of the molecule is Cc1cc(O)c(C(C)(C)C)cc1N=Cc1cccnc1. The van der Waals surface area contributed by atoms with Crippen molar-refractivity contribution in [2.75, 3.05) is 0 Å². The average Bonchev–Trinajstić information content (AvgIpc) is 2.37. The summed E-state index contributed by atoms with van der Waals surface area (Å²) in [6.07, 6.45) is 5.30. The predicted octanol–water partition coefficient (Wildman–Crippen LogP) is 4.14. The van der Waals surface area contributed by atoms with Crippen LogP contribution in [-0.2, 0) is 5.41 Å². The van der Waals surface area contributed by atoms with Crippen molar-refractivity contribution in [3.05, 3.63) is 53.3 Å². The van der Waals surface area contributed by atoms with Crippen LogP contribution >= 0.6 is 0 Å². The number of aryl methyl sites for hydroxylation is 1. The zero-order valence-electron chi connectivity index (χ0n) is 12.4. The summed E-state index contributed by atoms with van der Waals surface area (Å²) < 4.78 is 0. The van der Waals surface area contributed by atoms with Crippen molar-refractivity contribution in [1.29, 1.82) is 0 Å². The maximum Gasteiger partial charge on any atom is 0.119 e. The highest BCUT2D eigenvalue weighted by Gasteiger charge is 2.19. The molecule has 2 rings (SSSR count). The largest absolute Gasteiger partial charge is 0.508 e. The first-order valence-corrected chi connectivity index (χ1v) is 6.66. The van der Waals surface area contributed by atoms with Crippen molar-refractivity contribution in [1.82, 2.24) is 4.98 Å². The van der Waals surface area contributed by atoms with E-state index in [0.29, 0.717) is 5.75 Å². The van der Waals surface area contributed by atoms with Gasteiger partial charge in [0.1, 0.15) is 5.75 Å². The fourth-order valence-electron chi connectivity index (χ4n) is 2.02. The fourth-order valence-corrected chi connectivity index (χ4v) is 2.02. The van der Waals surface area contributed by atoms with Crippen LogP contribution in [0.15, 0.2) is 41.7 Å². The Labute approximate surface area is 120 Å². The normalized spacial score (nSPS) is 12.0. The summed E-state index contributed by atoms with van der Waals surface area (Å²) >= 11 is 0. The first-order valence-electron chi connectivity index (χ1n) is 6.66. The number of aromatic nitrogens is 1. The second-order valence-electron chi connectivity index (χ2n) is 5.95. The van der Waals surface area contributed by atoms with Crippen LogP contribution in [0.2, 0.25) is 0 Å². The maximum atomic E-state index is 10.1. The Morgan fingerprint density at radius 3 is 2.60 bits per heavy atom. The Hall–Kier alpha value is -2.16. The molecule has 3 nitrogen and oxygen atoms in total. The van der Waals surface area contributed by atoms with Gasteiger partial charge in [-0.3, -0.25) is 9.98 Å². The monoisotopic (exact) mass is 268 g/mol. The molecule has 0 saturated heterocycles. The molecule has 0 saturated carbocycles. The van der Waals surface area contributed by atoms with Crippen molar-refractivity contribution in [2.45, 2.75) is 33.1 Å². The summed E-state index contributed by atoms with van der Waals surface area (Å²) in [5, 5.41) is 10.1. The van der Waals surface area contributed by atoms with Crippen LogP contribution in [0.3, 0.4) is 0 Å². The lowest BCUT2D eigenvalue weighted by Gasteiger charge is -2.21. The van der Waals surface area contributed by atoms with E-state index in [-0.39, 0.29) is 5.41 Å². The number of aliphatic imine (C=N–C) groups is 1. The van der Waals surface area contributed by atoms with Crippen molar-refractivity contribution in [2.24, 2.45) is 4.99 Å². The van der Waals surface area contributed by atoms with Crippen molar-refractivity contribution < 1.29 is 5.11 Å². The Morgan fingerprint density at radius 1 is 1.25 bits per heavy atom. The van der Waals surface area contributed by atoms with Crippen molar-refractivity contribution >= 4 is 11.9 Å². The molecule has 0 amide bonds. The standard InChI is InChI=1S/C17H20N2O/c1-12-8-16(20)14(17(2,3)4)9-15(12)19-11-13-6-5-7-18-10-13/h5-11,20H,1-4H3. The van der Waals surface area contributed by atoms with E-state index in [1.54, 1.807) is 24.7 Å². The molecule has 1 aromatic heterocycles. The van der Waals surface area contributed by atoms with Gasteiger partial charge in [0.05, 0.1) is 5.69 Å². The van der Waals surface area contributed by atoms with Gasteiger partial charge in [-0.05, 0) is 36.1 Å². The Bertz CT molecular complexity index is 625. The van der Waals surface area contributed by atoms with E-state index in [9.17, 15) is 5.11 Å². The number of pyridine rings is 1. The maximum absolute atomic E-state index is 10.1. The van der Waals surface area contributed by atoms with Gasteiger partial charge in [0.25, 0.3) is 0 Å². The third-order valence-corrected chi connectivity index (χ3v) is 3.16. The van der Waals surface area contributed by atoms with Crippen LogP contribution in [0, 0.1) is 6.92 Å². The van der Waals surface area contributed by atoms with Gasteiger partial charge in [-0.15, -0.1) is 0 Å². The average molecular weight is 268 g/mol. The molecule has 2 aromatic rings. The topological polar surface area (TPSA) is 45.5 Å². The summed E-state index contributed by atoms with van der Waals surface area (Å²) in [7, 11) is 0. The van der Waals surface area contributed by atoms with Crippen LogP contribution < -0.4 is 0 Å². The fraction of sp³-hybridized carbons (Fsp3) is 0.294. The molecule has 0 aliphatic rings. The highest BCUT2D eigenvalue weighted by atomic mass is 16.3. The number of nitrogens with zero attached hydrogens (tertiary/aromatic N) is 2. The second-order valence-corrected chi connectivity index (χ2v) is 5.95. The van der Waals surface area contributed by atoms with E-state index in [1.807, 2.05) is 25.1 Å².